The first-order valence-electron chi connectivity index (χ1n) is 10.4. The van der Waals surface area contributed by atoms with E-state index >= 15 is 0 Å². The lowest BCUT2D eigenvalue weighted by Crippen LogP contribution is -2.35. The van der Waals surface area contributed by atoms with Crippen molar-refractivity contribution in [3.63, 3.8) is 0 Å². The molecule has 0 saturated carbocycles. The van der Waals surface area contributed by atoms with E-state index in [2.05, 4.69) is 20.7 Å². The third-order valence-corrected chi connectivity index (χ3v) is 7.35. The molecule has 1 aliphatic heterocycles. The van der Waals surface area contributed by atoms with E-state index in [0.717, 1.165) is 24.1 Å². The third kappa shape index (κ3) is 5.32. The van der Waals surface area contributed by atoms with Crippen molar-refractivity contribution in [2.24, 2.45) is 0 Å². The normalized spacial score (nSPS) is 14.7. The van der Waals surface area contributed by atoms with Gasteiger partial charge in [0.15, 0.2) is 0 Å². The van der Waals surface area contributed by atoms with Crippen LogP contribution < -0.4 is 10.1 Å². The summed E-state index contributed by atoms with van der Waals surface area (Å²) in [5.74, 6) is 0.209. The van der Waals surface area contributed by atoms with Crippen LogP contribution in [0, 0.1) is 0 Å². The summed E-state index contributed by atoms with van der Waals surface area (Å²) in [6, 6.07) is 11.4. The number of benzene rings is 2. The van der Waals surface area contributed by atoms with Gasteiger partial charge in [-0.05, 0) is 48.4 Å². The number of hydrogen-bond acceptors (Lipinski definition) is 7. The van der Waals surface area contributed by atoms with E-state index in [1.165, 1.54) is 29.6 Å². The number of carbonyl (C=O) groups is 1. The summed E-state index contributed by atoms with van der Waals surface area (Å²) in [4.78, 5) is 13.9. The summed E-state index contributed by atoms with van der Waals surface area (Å²) < 4.78 is 32.8. The van der Waals surface area contributed by atoms with Gasteiger partial charge in [-0.15, -0.1) is 10.2 Å². The van der Waals surface area contributed by atoms with E-state index in [-0.39, 0.29) is 17.1 Å². The van der Waals surface area contributed by atoms with Crippen LogP contribution in [0.5, 0.6) is 5.75 Å². The molecule has 1 aliphatic rings. The van der Waals surface area contributed by atoms with Gasteiger partial charge in [-0.1, -0.05) is 30.2 Å². The van der Waals surface area contributed by atoms with E-state index in [1.54, 1.807) is 24.3 Å². The lowest BCUT2D eigenvalue weighted by atomic mass is 10.2. The topological polar surface area (TPSA) is 119 Å². The van der Waals surface area contributed by atoms with Crippen LogP contribution >= 0.6 is 11.6 Å². The van der Waals surface area contributed by atoms with Crippen molar-refractivity contribution < 1.29 is 17.9 Å². The van der Waals surface area contributed by atoms with Crippen molar-refractivity contribution in [2.45, 2.75) is 30.7 Å². The lowest BCUT2D eigenvalue weighted by molar-refractivity contribution is -0.117. The highest BCUT2D eigenvalue weighted by atomic mass is 35.5. The molecule has 2 heterocycles. The number of sulfonamides is 1. The third-order valence-electron chi connectivity index (χ3n) is 5.22. The fourth-order valence-corrected chi connectivity index (χ4v) is 5.31. The number of methoxy groups -OCH3 is 1. The quantitative estimate of drug-likeness (QED) is 0.540. The summed E-state index contributed by atoms with van der Waals surface area (Å²) in [5.41, 5.74) is 0.919. The molecule has 4 rings (SSSR count). The fraction of sp³-hybridized carbons (Fsp3) is 0.333. The van der Waals surface area contributed by atoms with Gasteiger partial charge in [0, 0.05) is 23.7 Å². The number of ether oxygens (including phenoxy) is 1. The number of halogens is 1. The van der Waals surface area contributed by atoms with Crippen molar-refractivity contribution in [2.75, 3.05) is 25.5 Å². The van der Waals surface area contributed by atoms with E-state index in [9.17, 15) is 13.2 Å². The monoisotopic (exact) mass is 490 g/mol. The summed E-state index contributed by atoms with van der Waals surface area (Å²) in [6.07, 6.45) is 2.69. The average Bonchev–Trinajstić information content (AvgIpc) is 3.28. The maximum Gasteiger partial charge on any atom is 0.248 e. The molecule has 1 aromatic heterocycles. The minimum Gasteiger partial charge on any atom is -0.495 e. The maximum atomic E-state index is 13.0. The Bertz CT molecular complexity index is 1260. The van der Waals surface area contributed by atoms with Gasteiger partial charge in [0.25, 0.3) is 0 Å². The molecule has 1 saturated heterocycles. The standard InChI is InChI=1S/C21H23ClN6O4S/c1-32-19-9-8-17(33(30,31)27-10-3-2-4-11-27)13-18(19)23-20(29)14-28-25-21(24-26-28)15-6-5-7-16(22)12-15/h5-9,12-13H,2-4,10-11,14H2,1H3,(H,23,29). The van der Waals surface area contributed by atoms with Crippen molar-refractivity contribution in [1.29, 1.82) is 0 Å². The molecule has 33 heavy (non-hydrogen) atoms. The number of carbonyl (C=O) groups excluding carboxylic acids is 1. The van der Waals surface area contributed by atoms with Crippen LogP contribution in [0.2, 0.25) is 5.02 Å². The highest BCUT2D eigenvalue weighted by Crippen LogP contribution is 2.30. The zero-order valence-electron chi connectivity index (χ0n) is 17.9. The smallest absolute Gasteiger partial charge is 0.248 e. The zero-order chi connectivity index (χ0) is 23.4. The SMILES string of the molecule is COc1ccc(S(=O)(=O)N2CCCCC2)cc1NC(=O)Cn1nnc(-c2cccc(Cl)c2)n1. The minimum atomic E-state index is -3.66. The first-order valence-corrected chi connectivity index (χ1v) is 12.2. The summed E-state index contributed by atoms with van der Waals surface area (Å²) in [7, 11) is -2.21. The van der Waals surface area contributed by atoms with Crippen LogP contribution in [0.3, 0.4) is 0 Å². The van der Waals surface area contributed by atoms with Gasteiger partial charge in [-0.2, -0.15) is 9.10 Å². The van der Waals surface area contributed by atoms with Gasteiger partial charge in [0.2, 0.25) is 21.8 Å². The Morgan fingerprint density at radius 1 is 1.15 bits per heavy atom. The predicted octanol–water partition coefficient (Wildman–Crippen LogP) is 2.82. The number of piperidine rings is 1. The lowest BCUT2D eigenvalue weighted by Gasteiger charge is -2.26. The van der Waals surface area contributed by atoms with Crippen LogP contribution in [0.4, 0.5) is 5.69 Å². The van der Waals surface area contributed by atoms with Crippen LogP contribution in [-0.4, -0.2) is 59.0 Å². The minimum absolute atomic E-state index is 0.0997. The van der Waals surface area contributed by atoms with Crippen LogP contribution in [0.1, 0.15) is 19.3 Å². The molecule has 1 fully saturated rings. The molecule has 174 valence electrons. The first-order chi connectivity index (χ1) is 15.9. The summed E-state index contributed by atoms with van der Waals surface area (Å²) in [6.45, 7) is 0.756. The number of tetrazole rings is 1. The summed E-state index contributed by atoms with van der Waals surface area (Å²) in [5, 5.41) is 15.3. The van der Waals surface area contributed by atoms with Crippen LogP contribution in [-0.2, 0) is 21.4 Å². The van der Waals surface area contributed by atoms with Crippen molar-refractivity contribution in [3.05, 3.63) is 47.5 Å². The molecular weight excluding hydrogens is 468 g/mol. The molecular formula is C21H23ClN6O4S. The van der Waals surface area contributed by atoms with Crippen LogP contribution in [0.25, 0.3) is 11.4 Å². The molecule has 10 nitrogen and oxygen atoms in total. The first kappa shape index (κ1) is 23.1. The Morgan fingerprint density at radius 2 is 1.94 bits per heavy atom. The number of nitrogens with zero attached hydrogens (tertiary/aromatic N) is 5. The Hall–Kier alpha value is -3.02. The molecule has 0 aliphatic carbocycles. The molecule has 0 atom stereocenters. The molecule has 2 aromatic carbocycles. The molecule has 0 bridgehead atoms. The molecule has 0 radical (unpaired) electrons. The van der Waals surface area contributed by atoms with Crippen molar-refractivity contribution >= 4 is 33.2 Å². The number of amides is 1. The van der Waals surface area contributed by atoms with Gasteiger partial charge in [-0.25, -0.2) is 8.42 Å². The fourth-order valence-electron chi connectivity index (χ4n) is 3.57. The highest BCUT2D eigenvalue weighted by Gasteiger charge is 2.27. The van der Waals surface area contributed by atoms with Gasteiger partial charge in [-0.3, -0.25) is 4.79 Å². The largest absolute Gasteiger partial charge is 0.495 e. The second-order valence-electron chi connectivity index (χ2n) is 7.53. The van der Waals surface area contributed by atoms with Crippen LogP contribution in [0.15, 0.2) is 47.4 Å². The van der Waals surface area contributed by atoms with Crippen molar-refractivity contribution in [1.82, 2.24) is 24.5 Å². The molecule has 1 amide bonds. The molecule has 0 unspecified atom stereocenters. The Morgan fingerprint density at radius 3 is 2.67 bits per heavy atom. The second kappa shape index (κ2) is 9.86. The molecule has 3 aromatic rings. The van der Waals surface area contributed by atoms with E-state index in [4.69, 9.17) is 16.3 Å². The number of nitrogens with one attached hydrogen (secondary N) is 1. The van der Waals surface area contributed by atoms with E-state index in [0.29, 0.717) is 35.2 Å². The molecule has 12 heteroatoms. The Kier molecular flexibility index (Phi) is 6.91. The second-order valence-corrected chi connectivity index (χ2v) is 9.90. The highest BCUT2D eigenvalue weighted by molar-refractivity contribution is 7.89. The van der Waals surface area contributed by atoms with E-state index < -0.39 is 15.9 Å². The van der Waals surface area contributed by atoms with Gasteiger partial charge < -0.3 is 10.1 Å². The number of hydrogen-bond donors (Lipinski definition) is 1. The zero-order valence-corrected chi connectivity index (χ0v) is 19.5. The maximum absolute atomic E-state index is 13.0. The van der Waals surface area contributed by atoms with Gasteiger partial charge in [0.05, 0.1) is 17.7 Å². The Balaban J connectivity index is 1.50. The number of aromatic nitrogens is 4. The number of rotatable bonds is 7. The number of anilines is 1. The summed E-state index contributed by atoms with van der Waals surface area (Å²) >= 11 is 5.99. The Labute approximate surface area is 196 Å². The van der Waals surface area contributed by atoms with E-state index in [1.807, 2.05) is 0 Å². The van der Waals surface area contributed by atoms with Gasteiger partial charge in [0.1, 0.15) is 12.3 Å². The molecule has 0 spiro atoms. The molecule has 1 N–H and O–H groups in total. The average molecular weight is 491 g/mol. The van der Waals surface area contributed by atoms with Crippen molar-refractivity contribution in [3.8, 4) is 17.1 Å². The predicted molar refractivity (Wildman–Crippen MR) is 122 cm³/mol. The van der Waals surface area contributed by atoms with Gasteiger partial charge >= 0.3 is 0 Å².